The first kappa shape index (κ1) is 19.8. The molecular formula is C17H23NO5S2. The lowest BCUT2D eigenvalue weighted by atomic mass is 10.2. The van der Waals surface area contributed by atoms with E-state index in [0.29, 0.717) is 11.3 Å². The fourth-order valence-electron chi connectivity index (χ4n) is 2.51. The smallest absolute Gasteiger partial charge is 0.326 e. The van der Waals surface area contributed by atoms with Gasteiger partial charge in [0.25, 0.3) is 0 Å². The van der Waals surface area contributed by atoms with Crippen LogP contribution in [-0.4, -0.2) is 42.4 Å². The predicted octanol–water partition coefficient (Wildman–Crippen LogP) is 2.33. The molecule has 8 heteroatoms. The van der Waals surface area contributed by atoms with Crippen molar-refractivity contribution in [1.82, 2.24) is 5.32 Å². The van der Waals surface area contributed by atoms with Gasteiger partial charge in [-0.05, 0) is 44.2 Å². The largest absolute Gasteiger partial charge is 0.480 e. The Balaban J connectivity index is 2.11. The van der Waals surface area contributed by atoms with Gasteiger partial charge in [-0.15, -0.1) is 11.8 Å². The maximum absolute atomic E-state index is 12.4. The van der Waals surface area contributed by atoms with E-state index in [1.165, 1.54) is 0 Å². The number of carboxylic acid groups (broad SMARTS) is 1. The second-order valence-electron chi connectivity index (χ2n) is 6.19. The van der Waals surface area contributed by atoms with Gasteiger partial charge in [0.05, 0.1) is 15.9 Å². The van der Waals surface area contributed by atoms with Gasteiger partial charge >= 0.3 is 5.97 Å². The van der Waals surface area contributed by atoms with Gasteiger partial charge in [0, 0.05) is 4.90 Å². The molecule has 2 rings (SSSR count). The van der Waals surface area contributed by atoms with Crippen molar-refractivity contribution in [3.05, 3.63) is 24.3 Å². The summed E-state index contributed by atoms with van der Waals surface area (Å²) in [5, 5.41) is 11.2. The number of amides is 1. The first-order chi connectivity index (χ1) is 11.8. The Morgan fingerprint density at radius 2 is 1.96 bits per heavy atom. The van der Waals surface area contributed by atoms with Crippen molar-refractivity contribution in [3.8, 4) is 0 Å². The lowest BCUT2D eigenvalue weighted by Crippen LogP contribution is -2.45. The van der Waals surface area contributed by atoms with Crippen LogP contribution in [0.4, 0.5) is 0 Å². The number of benzene rings is 1. The van der Waals surface area contributed by atoms with Gasteiger partial charge in [0.1, 0.15) is 6.04 Å². The summed E-state index contributed by atoms with van der Waals surface area (Å²) in [7, 11) is -3.40. The molecule has 2 N–H and O–H groups in total. The van der Waals surface area contributed by atoms with Crippen LogP contribution < -0.4 is 5.32 Å². The predicted molar refractivity (Wildman–Crippen MR) is 96.4 cm³/mol. The van der Waals surface area contributed by atoms with E-state index < -0.39 is 33.0 Å². The van der Waals surface area contributed by atoms with E-state index in [-0.39, 0.29) is 16.6 Å². The van der Waals surface area contributed by atoms with Gasteiger partial charge in [-0.1, -0.05) is 19.1 Å². The van der Waals surface area contributed by atoms with E-state index in [1.807, 2.05) is 0 Å². The third kappa shape index (κ3) is 5.22. The van der Waals surface area contributed by atoms with Crippen molar-refractivity contribution in [2.45, 2.75) is 54.2 Å². The summed E-state index contributed by atoms with van der Waals surface area (Å²) in [6.07, 6.45) is 2.12. The van der Waals surface area contributed by atoms with Crippen LogP contribution in [0.15, 0.2) is 34.1 Å². The summed E-state index contributed by atoms with van der Waals surface area (Å²) < 4.78 is 24.8. The standard InChI is InChI=1S/C17H23NO5S2/c1-3-10-25(22,23)14-7-5-4-6-13(14)24-11(2)16(19)18-15(17(20)21)12-8-9-12/h4-7,11-12,15H,3,8-10H2,1-2H3,(H,18,19)(H,20,21). The number of rotatable bonds is 9. The first-order valence-corrected chi connectivity index (χ1v) is 10.8. The number of sulfone groups is 1. The van der Waals surface area contributed by atoms with Gasteiger partial charge < -0.3 is 10.4 Å². The van der Waals surface area contributed by atoms with E-state index in [1.54, 1.807) is 38.1 Å². The highest BCUT2D eigenvalue weighted by Crippen LogP contribution is 2.34. The molecule has 138 valence electrons. The summed E-state index contributed by atoms with van der Waals surface area (Å²) in [6, 6.07) is 5.73. The van der Waals surface area contributed by atoms with Crippen LogP contribution in [0, 0.1) is 5.92 Å². The lowest BCUT2D eigenvalue weighted by molar-refractivity contribution is -0.142. The number of carbonyl (C=O) groups excluding carboxylic acids is 1. The molecule has 0 heterocycles. The Morgan fingerprint density at radius 1 is 1.32 bits per heavy atom. The fourth-order valence-corrected chi connectivity index (χ4v) is 5.35. The minimum Gasteiger partial charge on any atom is -0.480 e. The van der Waals surface area contributed by atoms with Crippen molar-refractivity contribution in [1.29, 1.82) is 0 Å². The molecule has 0 saturated heterocycles. The monoisotopic (exact) mass is 385 g/mol. The molecule has 0 radical (unpaired) electrons. The van der Waals surface area contributed by atoms with E-state index in [2.05, 4.69) is 5.32 Å². The van der Waals surface area contributed by atoms with Gasteiger partial charge in [0.2, 0.25) is 5.91 Å². The SMILES string of the molecule is CCCS(=O)(=O)c1ccccc1SC(C)C(=O)NC(C(=O)O)C1CC1. The highest BCUT2D eigenvalue weighted by atomic mass is 32.2. The van der Waals surface area contributed by atoms with Crippen LogP contribution >= 0.6 is 11.8 Å². The molecule has 1 aliphatic carbocycles. The molecule has 1 aliphatic rings. The summed E-state index contributed by atoms with van der Waals surface area (Å²) in [4.78, 5) is 24.3. The Bertz CT molecular complexity index is 743. The zero-order valence-corrected chi connectivity index (χ0v) is 15.9. The quantitative estimate of drug-likeness (QED) is 0.633. The highest BCUT2D eigenvalue weighted by Gasteiger charge is 2.38. The number of nitrogens with one attached hydrogen (secondary N) is 1. The highest BCUT2D eigenvalue weighted by molar-refractivity contribution is 8.01. The van der Waals surface area contributed by atoms with Crippen molar-refractivity contribution >= 4 is 33.5 Å². The van der Waals surface area contributed by atoms with Crippen molar-refractivity contribution in [2.24, 2.45) is 5.92 Å². The number of carboxylic acids is 1. The third-order valence-corrected chi connectivity index (χ3v) is 7.27. The van der Waals surface area contributed by atoms with Crippen LogP contribution in [0.25, 0.3) is 0 Å². The van der Waals surface area contributed by atoms with Gasteiger partial charge in [-0.25, -0.2) is 13.2 Å². The summed E-state index contributed by atoms with van der Waals surface area (Å²) >= 11 is 1.13. The minimum atomic E-state index is -3.40. The van der Waals surface area contributed by atoms with E-state index >= 15 is 0 Å². The molecule has 2 atom stereocenters. The average molecular weight is 386 g/mol. The van der Waals surface area contributed by atoms with Crippen LogP contribution in [-0.2, 0) is 19.4 Å². The Morgan fingerprint density at radius 3 is 2.52 bits per heavy atom. The summed E-state index contributed by atoms with van der Waals surface area (Å²) in [5.41, 5.74) is 0. The zero-order valence-electron chi connectivity index (χ0n) is 14.3. The number of hydrogen-bond acceptors (Lipinski definition) is 5. The molecule has 0 spiro atoms. The fraction of sp³-hybridized carbons (Fsp3) is 0.529. The summed E-state index contributed by atoms with van der Waals surface area (Å²) in [5.74, 6) is -1.38. The van der Waals surface area contributed by atoms with E-state index in [4.69, 9.17) is 0 Å². The molecule has 1 saturated carbocycles. The molecule has 0 bridgehead atoms. The van der Waals surface area contributed by atoms with Gasteiger partial charge in [0.15, 0.2) is 9.84 Å². The number of aliphatic carboxylic acids is 1. The van der Waals surface area contributed by atoms with E-state index in [9.17, 15) is 23.1 Å². The molecule has 2 unspecified atom stereocenters. The molecule has 1 aromatic carbocycles. The number of thioether (sulfide) groups is 1. The van der Waals surface area contributed by atoms with Crippen molar-refractivity contribution < 1.29 is 23.1 Å². The molecule has 25 heavy (non-hydrogen) atoms. The average Bonchev–Trinajstić information content (AvgIpc) is 3.37. The number of hydrogen-bond donors (Lipinski definition) is 2. The van der Waals surface area contributed by atoms with Gasteiger partial charge in [-0.2, -0.15) is 0 Å². The normalized spacial score (nSPS) is 16.9. The molecule has 0 aromatic heterocycles. The van der Waals surface area contributed by atoms with Crippen LogP contribution in [0.2, 0.25) is 0 Å². The van der Waals surface area contributed by atoms with Crippen LogP contribution in [0.5, 0.6) is 0 Å². The maximum atomic E-state index is 12.4. The molecular weight excluding hydrogens is 362 g/mol. The van der Waals surface area contributed by atoms with Crippen LogP contribution in [0.1, 0.15) is 33.1 Å². The number of carbonyl (C=O) groups is 2. The third-order valence-electron chi connectivity index (χ3n) is 3.99. The molecule has 1 fully saturated rings. The van der Waals surface area contributed by atoms with Crippen molar-refractivity contribution in [2.75, 3.05) is 5.75 Å². The van der Waals surface area contributed by atoms with Crippen LogP contribution in [0.3, 0.4) is 0 Å². The second-order valence-corrected chi connectivity index (χ2v) is 9.65. The van der Waals surface area contributed by atoms with Gasteiger partial charge in [-0.3, -0.25) is 4.79 Å². The second kappa shape index (κ2) is 8.23. The Hall–Kier alpha value is -1.54. The maximum Gasteiger partial charge on any atom is 0.326 e. The van der Waals surface area contributed by atoms with Crippen molar-refractivity contribution in [3.63, 3.8) is 0 Å². The topological polar surface area (TPSA) is 101 Å². The first-order valence-electron chi connectivity index (χ1n) is 8.28. The minimum absolute atomic E-state index is 0.00383. The molecule has 1 aromatic rings. The Kier molecular flexibility index (Phi) is 6.51. The lowest BCUT2D eigenvalue weighted by Gasteiger charge is -2.18. The zero-order chi connectivity index (χ0) is 18.6. The van der Waals surface area contributed by atoms with E-state index in [0.717, 1.165) is 24.6 Å². The Labute approximate surface area is 152 Å². The molecule has 1 amide bonds. The molecule has 6 nitrogen and oxygen atoms in total. The summed E-state index contributed by atoms with van der Waals surface area (Å²) in [6.45, 7) is 3.45. The molecule has 0 aliphatic heterocycles.